The molecule has 0 heterocycles. The second-order valence-electron chi connectivity index (χ2n) is 8.56. The molecule has 2 aromatic carbocycles. The van der Waals surface area contributed by atoms with E-state index in [1.807, 2.05) is 0 Å². The maximum absolute atomic E-state index is 2.42. The van der Waals surface area contributed by atoms with Crippen LogP contribution in [0.25, 0.3) is 0 Å². The third-order valence-electron chi connectivity index (χ3n) is 5.59. The maximum atomic E-state index is 2.42. The van der Waals surface area contributed by atoms with Gasteiger partial charge in [-0.05, 0) is 55.1 Å². The molecular formula is C26H40N2. The van der Waals surface area contributed by atoms with Crippen LogP contribution in [-0.4, -0.2) is 37.0 Å². The zero-order valence-corrected chi connectivity index (χ0v) is 18.7. The van der Waals surface area contributed by atoms with Gasteiger partial charge in [0.2, 0.25) is 0 Å². The minimum absolute atomic E-state index is 0.784. The van der Waals surface area contributed by atoms with E-state index in [1.54, 1.807) is 0 Å². The Hall–Kier alpha value is -1.64. The first-order valence-electron chi connectivity index (χ1n) is 11.0. The monoisotopic (exact) mass is 380 g/mol. The number of aryl methyl sites for hydroxylation is 1. The molecule has 0 aliphatic rings. The number of hydrogen-bond donors (Lipinski definition) is 0. The van der Waals surface area contributed by atoms with Gasteiger partial charge in [-0.25, -0.2) is 0 Å². The van der Waals surface area contributed by atoms with Crippen LogP contribution in [-0.2, 0) is 25.9 Å². The Labute approximate surface area is 173 Å². The van der Waals surface area contributed by atoms with E-state index in [0.717, 1.165) is 38.5 Å². The fraction of sp³-hybridized carbons (Fsp3) is 0.538. The summed E-state index contributed by atoms with van der Waals surface area (Å²) in [5.41, 5.74) is 5.69. The molecular weight excluding hydrogens is 340 g/mol. The minimum atomic E-state index is 0.784. The third-order valence-corrected chi connectivity index (χ3v) is 5.59. The van der Waals surface area contributed by atoms with Gasteiger partial charge in [0.25, 0.3) is 0 Å². The number of benzene rings is 2. The van der Waals surface area contributed by atoms with Gasteiger partial charge < -0.3 is 9.80 Å². The normalized spacial score (nSPS) is 12.7. The average Bonchev–Trinajstić information content (AvgIpc) is 2.69. The highest BCUT2D eigenvalue weighted by atomic mass is 15.2. The first-order chi connectivity index (χ1) is 13.5. The zero-order chi connectivity index (χ0) is 20.4. The molecule has 1 unspecified atom stereocenters. The molecule has 0 N–H and O–H groups in total. The summed E-state index contributed by atoms with van der Waals surface area (Å²) in [7, 11) is 4.44. The van der Waals surface area contributed by atoms with Crippen molar-refractivity contribution in [3.8, 4) is 0 Å². The third kappa shape index (κ3) is 8.16. The minimum Gasteiger partial charge on any atom is -0.301 e. The summed E-state index contributed by atoms with van der Waals surface area (Å²) in [4.78, 5) is 4.83. The van der Waals surface area contributed by atoms with Crippen LogP contribution in [0, 0.1) is 5.92 Å². The lowest BCUT2D eigenvalue weighted by Gasteiger charge is -2.22. The number of hydrogen-bond acceptors (Lipinski definition) is 2. The van der Waals surface area contributed by atoms with E-state index in [2.05, 4.69) is 93.2 Å². The summed E-state index contributed by atoms with van der Waals surface area (Å²) >= 11 is 0. The molecule has 2 nitrogen and oxygen atoms in total. The Morgan fingerprint density at radius 3 is 1.54 bits per heavy atom. The van der Waals surface area contributed by atoms with Crippen LogP contribution in [0.5, 0.6) is 0 Å². The van der Waals surface area contributed by atoms with Gasteiger partial charge in [0.05, 0.1) is 0 Å². The van der Waals surface area contributed by atoms with Crippen molar-refractivity contribution < 1.29 is 0 Å². The number of likely N-dealkylation sites (N-methyl/N-ethyl adjacent to an activating group) is 2. The van der Waals surface area contributed by atoms with Crippen LogP contribution in [0.15, 0.2) is 48.5 Å². The molecule has 2 rings (SSSR count). The summed E-state index contributed by atoms with van der Waals surface area (Å²) < 4.78 is 0. The van der Waals surface area contributed by atoms with Gasteiger partial charge >= 0.3 is 0 Å². The van der Waals surface area contributed by atoms with Crippen LogP contribution in [0.4, 0.5) is 0 Å². The lowest BCUT2D eigenvalue weighted by atomic mass is 9.96. The molecule has 2 heteroatoms. The van der Waals surface area contributed by atoms with Crippen LogP contribution < -0.4 is 0 Å². The Balaban J connectivity index is 1.72. The van der Waals surface area contributed by atoms with Crippen LogP contribution in [0.2, 0.25) is 0 Å². The average molecular weight is 381 g/mol. The first kappa shape index (κ1) is 22.6. The van der Waals surface area contributed by atoms with Crippen molar-refractivity contribution in [2.75, 3.05) is 27.2 Å². The fourth-order valence-corrected chi connectivity index (χ4v) is 3.78. The molecule has 0 fully saturated rings. The van der Waals surface area contributed by atoms with Gasteiger partial charge in [-0.1, -0.05) is 82.1 Å². The van der Waals surface area contributed by atoms with E-state index < -0.39 is 0 Å². The van der Waals surface area contributed by atoms with Crippen molar-refractivity contribution in [1.29, 1.82) is 0 Å². The SMILES string of the molecule is CCCC(C)Cc1ccc(CN(C)CCN(C)Cc2ccc(CC)cc2)cc1. The lowest BCUT2D eigenvalue weighted by molar-refractivity contribution is 0.247. The molecule has 0 saturated heterocycles. The van der Waals surface area contributed by atoms with Crippen molar-refractivity contribution in [3.05, 3.63) is 70.8 Å². The topological polar surface area (TPSA) is 6.48 Å². The Kier molecular flexibility index (Phi) is 9.73. The van der Waals surface area contributed by atoms with E-state index in [1.165, 1.54) is 41.5 Å². The van der Waals surface area contributed by atoms with E-state index in [-0.39, 0.29) is 0 Å². The highest BCUT2D eigenvalue weighted by Gasteiger charge is 2.06. The molecule has 1 atom stereocenters. The van der Waals surface area contributed by atoms with E-state index in [0.29, 0.717) is 0 Å². The molecule has 0 radical (unpaired) electrons. The molecule has 0 aliphatic carbocycles. The van der Waals surface area contributed by atoms with E-state index in [9.17, 15) is 0 Å². The van der Waals surface area contributed by atoms with Crippen molar-refractivity contribution in [3.63, 3.8) is 0 Å². The predicted molar refractivity (Wildman–Crippen MR) is 123 cm³/mol. The molecule has 154 valence electrons. The number of rotatable bonds is 12. The molecule has 0 aromatic heterocycles. The van der Waals surface area contributed by atoms with Crippen molar-refractivity contribution in [1.82, 2.24) is 9.80 Å². The summed E-state index contributed by atoms with van der Waals surface area (Å²) in [6.45, 7) is 11.0. The van der Waals surface area contributed by atoms with Gasteiger partial charge in [0.15, 0.2) is 0 Å². The summed E-state index contributed by atoms with van der Waals surface area (Å²) in [5.74, 6) is 0.784. The lowest BCUT2D eigenvalue weighted by Crippen LogP contribution is -2.30. The molecule has 0 amide bonds. The molecule has 28 heavy (non-hydrogen) atoms. The number of nitrogens with zero attached hydrogens (tertiary/aromatic N) is 2. The van der Waals surface area contributed by atoms with Gasteiger partial charge in [-0.2, -0.15) is 0 Å². The van der Waals surface area contributed by atoms with Crippen molar-refractivity contribution >= 4 is 0 Å². The molecule has 0 saturated carbocycles. The Morgan fingerprint density at radius 2 is 1.11 bits per heavy atom. The van der Waals surface area contributed by atoms with Crippen LogP contribution in [0.1, 0.15) is 55.9 Å². The van der Waals surface area contributed by atoms with Gasteiger partial charge in [-0.15, -0.1) is 0 Å². The van der Waals surface area contributed by atoms with Crippen LogP contribution in [0.3, 0.4) is 0 Å². The molecule has 0 aliphatic heterocycles. The van der Waals surface area contributed by atoms with Crippen LogP contribution >= 0.6 is 0 Å². The first-order valence-corrected chi connectivity index (χ1v) is 11.0. The fourth-order valence-electron chi connectivity index (χ4n) is 3.78. The largest absolute Gasteiger partial charge is 0.301 e. The van der Waals surface area contributed by atoms with E-state index in [4.69, 9.17) is 0 Å². The highest BCUT2D eigenvalue weighted by molar-refractivity contribution is 5.23. The van der Waals surface area contributed by atoms with Gasteiger partial charge in [0, 0.05) is 26.2 Å². The van der Waals surface area contributed by atoms with Gasteiger partial charge in [-0.3, -0.25) is 0 Å². The smallest absolute Gasteiger partial charge is 0.0231 e. The van der Waals surface area contributed by atoms with Crippen molar-refractivity contribution in [2.45, 2.75) is 59.5 Å². The Bertz CT molecular complexity index is 660. The molecule has 2 aromatic rings. The second-order valence-corrected chi connectivity index (χ2v) is 8.56. The van der Waals surface area contributed by atoms with Gasteiger partial charge in [0.1, 0.15) is 0 Å². The van der Waals surface area contributed by atoms with E-state index >= 15 is 0 Å². The molecule has 0 bridgehead atoms. The molecule has 0 spiro atoms. The maximum Gasteiger partial charge on any atom is 0.0231 e. The summed E-state index contributed by atoms with van der Waals surface area (Å²) in [6.07, 6.45) is 4.91. The standard InChI is InChI=1S/C26H40N2/c1-6-8-22(3)19-24-11-15-26(16-12-24)21-28(5)18-17-27(4)20-25-13-9-23(7-2)10-14-25/h9-16,22H,6-8,17-21H2,1-5H3. The highest BCUT2D eigenvalue weighted by Crippen LogP contribution is 2.15. The van der Waals surface area contributed by atoms with Crippen molar-refractivity contribution in [2.24, 2.45) is 5.92 Å². The zero-order valence-electron chi connectivity index (χ0n) is 18.7. The Morgan fingerprint density at radius 1 is 0.679 bits per heavy atom. The quantitative estimate of drug-likeness (QED) is 0.460. The summed E-state index contributed by atoms with van der Waals surface area (Å²) in [6, 6.07) is 18.3. The summed E-state index contributed by atoms with van der Waals surface area (Å²) in [5, 5.41) is 0. The predicted octanol–water partition coefficient (Wildman–Crippen LogP) is 5.79. The second kappa shape index (κ2) is 12.0.